The van der Waals surface area contributed by atoms with Crippen LogP contribution in [-0.2, 0) is 4.79 Å². The molecule has 0 saturated heterocycles. The first-order valence-electron chi connectivity index (χ1n) is 4.25. The van der Waals surface area contributed by atoms with Crippen molar-refractivity contribution in [2.24, 2.45) is 0 Å². The molecule has 0 rings (SSSR count). The zero-order valence-corrected chi connectivity index (χ0v) is 7.49. The highest BCUT2D eigenvalue weighted by atomic mass is 16.4. The highest BCUT2D eigenvalue weighted by Crippen LogP contribution is 1.96. The summed E-state index contributed by atoms with van der Waals surface area (Å²) in [5, 5.41) is 8.31. The normalized spacial score (nSPS) is 11.4. The van der Waals surface area contributed by atoms with E-state index in [1.54, 1.807) is 0 Å². The lowest BCUT2D eigenvalue weighted by molar-refractivity contribution is -0.136. The van der Waals surface area contributed by atoms with Gasteiger partial charge in [-0.15, -0.1) is 0 Å². The van der Waals surface area contributed by atoms with Gasteiger partial charge in [-0.05, 0) is 26.2 Å². The van der Waals surface area contributed by atoms with E-state index in [-0.39, 0.29) is 6.42 Å². The minimum absolute atomic E-state index is 0.236. The van der Waals surface area contributed by atoms with Gasteiger partial charge in [-0.25, -0.2) is 0 Å². The Morgan fingerprint density at radius 1 is 1.17 bits per heavy atom. The maximum Gasteiger partial charge on any atom is 0.303 e. The van der Waals surface area contributed by atoms with Gasteiger partial charge in [-0.1, -0.05) is 24.3 Å². The molecule has 0 atom stereocenters. The van der Waals surface area contributed by atoms with Crippen LogP contribution in [0.1, 0.15) is 32.6 Å². The number of hydrogen-bond acceptors (Lipinski definition) is 1. The van der Waals surface area contributed by atoms with E-state index < -0.39 is 5.97 Å². The van der Waals surface area contributed by atoms with Crippen LogP contribution >= 0.6 is 0 Å². The molecule has 0 unspecified atom stereocenters. The molecule has 0 saturated carbocycles. The van der Waals surface area contributed by atoms with Crippen molar-refractivity contribution in [2.75, 3.05) is 0 Å². The van der Waals surface area contributed by atoms with Crippen LogP contribution in [-0.4, -0.2) is 11.1 Å². The summed E-state index contributed by atoms with van der Waals surface area (Å²) in [6, 6.07) is 0. The fraction of sp³-hybridized carbons (Fsp3) is 0.500. The summed E-state index contributed by atoms with van der Waals surface area (Å²) in [4.78, 5) is 10.1. The van der Waals surface area contributed by atoms with E-state index in [9.17, 15) is 4.79 Å². The van der Waals surface area contributed by atoms with Crippen molar-refractivity contribution in [2.45, 2.75) is 32.6 Å². The molecular weight excluding hydrogens is 152 g/mol. The smallest absolute Gasteiger partial charge is 0.303 e. The van der Waals surface area contributed by atoms with Crippen molar-refractivity contribution in [3.05, 3.63) is 24.3 Å². The molecule has 0 amide bonds. The third-order valence-corrected chi connectivity index (χ3v) is 1.43. The van der Waals surface area contributed by atoms with Gasteiger partial charge in [-0.2, -0.15) is 0 Å². The van der Waals surface area contributed by atoms with Crippen LogP contribution in [0.3, 0.4) is 0 Å². The molecule has 0 aliphatic heterocycles. The van der Waals surface area contributed by atoms with Crippen molar-refractivity contribution < 1.29 is 9.90 Å². The van der Waals surface area contributed by atoms with Crippen LogP contribution < -0.4 is 0 Å². The third-order valence-electron chi connectivity index (χ3n) is 1.43. The molecule has 2 heteroatoms. The Hall–Kier alpha value is -1.05. The lowest BCUT2D eigenvalue weighted by Crippen LogP contribution is -1.91. The van der Waals surface area contributed by atoms with Gasteiger partial charge in [0.25, 0.3) is 0 Å². The number of unbranched alkanes of at least 4 members (excludes halogenated alkanes) is 1. The quantitative estimate of drug-likeness (QED) is 0.489. The van der Waals surface area contributed by atoms with Gasteiger partial charge in [0.2, 0.25) is 0 Å². The highest BCUT2D eigenvalue weighted by molar-refractivity contribution is 5.66. The Labute approximate surface area is 73.6 Å². The molecule has 0 bridgehead atoms. The predicted octanol–water partition coefficient (Wildman–Crippen LogP) is 2.76. The minimum atomic E-state index is -0.729. The first kappa shape index (κ1) is 11.0. The molecular formula is C10H16O2. The summed E-state index contributed by atoms with van der Waals surface area (Å²) in [7, 11) is 0. The number of aliphatic carboxylic acids is 1. The largest absolute Gasteiger partial charge is 0.481 e. The van der Waals surface area contributed by atoms with E-state index in [1.165, 1.54) is 0 Å². The summed E-state index contributed by atoms with van der Waals surface area (Å²) in [6.45, 7) is 1.99. The Kier molecular flexibility index (Phi) is 7.35. The summed E-state index contributed by atoms with van der Waals surface area (Å²) < 4.78 is 0. The van der Waals surface area contributed by atoms with Crippen LogP contribution in [0.4, 0.5) is 0 Å². The molecule has 0 aromatic carbocycles. The third kappa shape index (κ3) is 8.95. The molecule has 0 aliphatic rings. The van der Waals surface area contributed by atoms with Crippen molar-refractivity contribution >= 4 is 5.97 Å². The minimum Gasteiger partial charge on any atom is -0.481 e. The molecule has 1 N–H and O–H groups in total. The Bertz CT molecular complexity index is 169. The molecule has 0 radical (unpaired) electrons. The van der Waals surface area contributed by atoms with E-state index in [0.717, 1.165) is 12.8 Å². The van der Waals surface area contributed by atoms with Crippen LogP contribution in [0, 0.1) is 0 Å². The van der Waals surface area contributed by atoms with Crippen LogP contribution in [0.25, 0.3) is 0 Å². The molecule has 0 aromatic heterocycles. The van der Waals surface area contributed by atoms with Gasteiger partial charge in [-0.3, -0.25) is 4.79 Å². The van der Waals surface area contributed by atoms with E-state index in [4.69, 9.17) is 5.11 Å². The van der Waals surface area contributed by atoms with Crippen LogP contribution in [0.5, 0.6) is 0 Å². The monoisotopic (exact) mass is 168 g/mol. The molecule has 68 valence electrons. The van der Waals surface area contributed by atoms with Crippen molar-refractivity contribution in [3.8, 4) is 0 Å². The molecule has 0 aromatic rings. The lowest BCUT2D eigenvalue weighted by Gasteiger charge is -1.87. The number of carboxylic acid groups (broad SMARTS) is 1. The Morgan fingerprint density at radius 3 is 2.33 bits per heavy atom. The molecule has 2 nitrogen and oxygen atoms in total. The van der Waals surface area contributed by atoms with Crippen molar-refractivity contribution in [3.63, 3.8) is 0 Å². The van der Waals surface area contributed by atoms with Gasteiger partial charge >= 0.3 is 5.97 Å². The highest BCUT2D eigenvalue weighted by Gasteiger charge is 1.90. The summed E-state index contributed by atoms with van der Waals surface area (Å²) >= 11 is 0. The van der Waals surface area contributed by atoms with Crippen LogP contribution in [0.15, 0.2) is 24.3 Å². The van der Waals surface area contributed by atoms with Gasteiger partial charge < -0.3 is 5.11 Å². The van der Waals surface area contributed by atoms with E-state index in [2.05, 4.69) is 6.08 Å². The lowest BCUT2D eigenvalue weighted by atomic mass is 10.2. The van der Waals surface area contributed by atoms with Gasteiger partial charge in [0, 0.05) is 6.42 Å². The SMILES string of the molecule is C/C=C/CC/C=C/CCC(=O)O. The van der Waals surface area contributed by atoms with Crippen molar-refractivity contribution in [1.29, 1.82) is 0 Å². The van der Waals surface area contributed by atoms with Gasteiger partial charge in [0.15, 0.2) is 0 Å². The zero-order chi connectivity index (χ0) is 9.23. The number of hydrogen-bond donors (Lipinski definition) is 1. The number of carboxylic acids is 1. The number of allylic oxidation sites excluding steroid dienone is 4. The van der Waals surface area contributed by atoms with Crippen LogP contribution in [0.2, 0.25) is 0 Å². The maximum atomic E-state index is 10.1. The summed E-state index contributed by atoms with van der Waals surface area (Å²) in [5.74, 6) is -0.729. The number of carbonyl (C=O) groups is 1. The fourth-order valence-corrected chi connectivity index (χ4v) is 0.802. The second kappa shape index (κ2) is 8.05. The van der Waals surface area contributed by atoms with Gasteiger partial charge in [0.05, 0.1) is 0 Å². The molecule has 0 aliphatic carbocycles. The predicted molar refractivity (Wildman–Crippen MR) is 50.1 cm³/mol. The zero-order valence-electron chi connectivity index (χ0n) is 7.49. The van der Waals surface area contributed by atoms with E-state index >= 15 is 0 Å². The average Bonchev–Trinajstić information content (AvgIpc) is 2.02. The molecule has 0 fully saturated rings. The van der Waals surface area contributed by atoms with Gasteiger partial charge in [0.1, 0.15) is 0 Å². The van der Waals surface area contributed by atoms with E-state index in [0.29, 0.717) is 6.42 Å². The van der Waals surface area contributed by atoms with Crippen molar-refractivity contribution in [1.82, 2.24) is 0 Å². The molecule has 0 heterocycles. The summed E-state index contributed by atoms with van der Waals surface area (Å²) in [6.07, 6.45) is 11.0. The second-order valence-corrected chi connectivity index (χ2v) is 2.55. The molecule has 0 spiro atoms. The second-order valence-electron chi connectivity index (χ2n) is 2.55. The first-order valence-corrected chi connectivity index (χ1v) is 4.25. The topological polar surface area (TPSA) is 37.3 Å². The standard InChI is InChI=1S/C10H16O2/c1-2-3-4-5-6-7-8-9-10(11)12/h2-3,6-7H,4-5,8-9H2,1H3,(H,11,12)/b3-2+,7-6+. The first-order chi connectivity index (χ1) is 5.77. The summed E-state index contributed by atoms with van der Waals surface area (Å²) in [5.41, 5.74) is 0. The fourth-order valence-electron chi connectivity index (χ4n) is 0.802. The average molecular weight is 168 g/mol. The Balaban J connectivity index is 3.20. The van der Waals surface area contributed by atoms with E-state index in [1.807, 2.05) is 25.2 Å². The Morgan fingerprint density at radius 2 is 1.75 bits per heavy atom. The maximum absolute atomic E-state index is 10.1. The molecule has 12 heavy (non-hydrogen) atoms. The number of rotatable bonds is 6.